The Hall–Kier alpha value is -3.10. The first kappa shape index (κ1) is 21.7. The third-order valence-corrected chi connectivity index (χ3v) is 6.84. The van der Waals surface area contributed by atoms with Crippen LogP contribution in [0.5, 0.6) is 0 Å². The largest absolute Gasteiger partial charge is 0.322 e. The summed E-state index contributed by atoms with van der Waals surface area (Å²) in [5, 5.41) is 5.82. The molecule has 2 saturated heterocycles. The lowest BCUT2D eigenvalue weighted by atomic mass is 10.0. The van der Waals surface area contributed by atoms with Crippen molar-refractivity contribution in [3.63, 3.8) is 0 Å². The van der Waals surface area contributed by atoms with Crippen molar-refractivity contribution in [2.75, 3.05) is 19.6 Å². The van der Waals surface area contributed by atoms with Gasteiger partial charge in [-0.15, -0.1) is 0 Å². The molecule has 8 heteroatoms. The van der Waals surface area contributed by atoms with Gasteiger partial charge in [-0.2, -0.15) is 0 Å². The van der Waals surface area contributed by atoms with Crippen LogP contribution in [-0.4, -0.2) is 58.2 Å². The van der Waals surface area contributed by atoms with E-state index < -0.39 is 6.04 Å². The number of imide groups is 1. The van der Waals surface area contributed by atoms with Crippen molar-refractivity contribution in [2.24, 2.45) is 5.92 Å². The second kappa shape index (κ2) is 9.41. The van der Waals surface area contributed by atoms with E-state index in [0.717, 1.165) is 49.3 Å². The van der Waals surface area contributed by atoms with E-state index in [1.807, 2.05) is 30.5 Å². The summed E-state index contributed by atoms with van der Waals surface area (Å²) < 4.78 is 0. The predicted octanol–water partition coefficient (Wildman–Crippen LogP) is 1.45. The Bertz CT molecular complexity index is 1050. The summed E-state index contributed by atoms with van der Waals surface area (Å²) in [6, 6.07) is 9.42. The third kappa shape index (κ3) is 4.67. The summed E-state index contributed by atoms with van der Waals surface area (Å²) in [5.41, 5.74) is 3.80. The highest BCUT2D eigenvalue weighted by Crippen LogP contribution is 2.31. The minimum Gasteiger partial charge on any atom is -0.322 e. The number of rotatable bonds is 7. The molecule has 3 amide bonds. The Morgan fingerprint density at radius 2 is 2.00 bits per heavy atom. The van der Waals surface area contributed by atoms with Crippen molar-refractivity contribution in [2.45, 2.75) is 44.9 Å². The number of benzene rings is 1. The molecule has 3 aliphatic heterocycles. The topological polar surface area (TPSA) is 94.6 Å². The van der Waals surface area contributed by atoms with Crippen molar-refractivity contribution in [3.8, 4) is 0 Å². The number of hydrogen-bond acceptors (Lipinski definition) is 6. The highest BCUT2D eigenvalue weighted by atomic mass is 16.2. The third-order valence-electron chi connectivity index (χ3n) is 6.84. The normalized spacial score (nSPS) is 22.7. The second-order valence-corrected chi connectivity index (χ2v) is 9.24. The van der Waals surface area contributed by atoms with Crippen LogP contribution in [-0.2, 0) is 29.2 Å². The molecule has 8 nitrogen and oxygen atoms in total. The van der Waals surface area contributed by atoms with Crippen molar-refractivity contribution < 1.29 is 14.4 Å². The molecular formula is C25H29N5O3. The van der Waals surface area contributed by atoms with Gasteiger partial charge in [-0.1, -0.05) is 24.3 Å². The van der Waals surface area contributed by atoms with Gasteiger partial charge in [0.25, 0.3) is 5.91 Å². The van der Waals surface area contributed by atoms with E-state index in [1.54, 1.807) is 11.1 Å². The van der Waals surface area contributed by atoms with E-state index in [2.05, 4.69) is 26.6 Å². The number of carbonyl (C=O) groups is 3. The lowest BCUT2D eigenvalue weighted by Crippen LogP contribution is -2.52. The zero-order chi connectivity index (χ0) is 22.8. The van der Waals surface area contributed by atoms with E-state index >= 15 is 0 Å². The van der Waals surface area contributed by atoms with Gasteiger partial charge < -0.3 is 10.2 Å². The van der Waals surface area contributed by atoms with Gasteiger partial charge in [-0.25, -0.2) is 0 Å². The summed E-state index contributed by atoms with van der Waals surface area (Å²) in [7, 11) is 0. The lowest BCUT2D eigenvalue weighted by molar-refractivity contribution is -0.136. The molecule has 2 unspecified atom stereocenters. The van der Waals surface area contributed by atoms with Gasteiger partial charge in [0.15, 0.2) is 0 Å². The Labute approximate surface area is 193 Å². The average Bonchev–Trinajstić information content (AvgIpc) is 3.43. The van der Waals surface area contributed by atoms with Gasteiger partial charge in [-0.3, -0.25) is 29.6 Å². The number of carbonyl (C=O) groups excluding carboxylic acids is 3. The lowest BCUT2D eigenvalue weighted by Gasteiger charge is -2.29. The van der Waals surface area contributed by atoms with Gasteiger partial charge in [0.2, 0.25) is 11.8 Å². The van der Waals surface area contributed by atoms with Crippen molar-refractivity contribution in [1.29, 1.82) is 0 Å². The monoisotopic (exact) mass is 447 g/mol. The number of hydrogen-bond donors (Lipinski definition) is 2. The maximum Gasteiger partial charge on any atom is 0.255 e. The number of nitrogens with one attached hydrogen (secondary N) is 2. The van der Waals surface area contributed by atoms with Crippen LogP contribution in [0, 0.1) is 5.92 Å². The molecule has 2 N–H and O–H groups in total. The standard InChI is InChI=1S/C25H29N5O3/c31-22-7-6-21(24(32)28-22)30-16-20-5-1-4-19(23(20)25(30)33)15-29(14-18-8-10-27-12-18)13-17-3-2-9-26-11-17/h1-5,9,11,18,21,27H,6-8,10,12-16H2,(H,28,31,32). The summed E-state index contributed by atoms with van der Waals surface area (Å²) in [6.45, 7) is 4.83. The Morgan fingerprint density at radius 3 is 2.76 bits per heavy atom. The van der Waals surface area contributed by atoms with Gasteiger partial charge in [0.05, 0.1) is 0 Å². The molecule has 1 aromatic carbocycles. The van der Waals surface area contributed by atoms with Crippen LogP contribution >= 0.6 is 0 Å². The molecule has 2 fully saturated rings. The number of pyridine rings is 1. The Morgan fingerprint density at radius 1 is 1.09 bits per heavy atom. The summed E-state index contributed by atoms with van der Waals surface area (Å²) in [5.74, 6) is -0.178. The summed E-state index contributed by atoms with van der Waals surface area (Å²) >= 11 is 0. The molecule has 5 rings (SSSR count). The molecule has 0 radical (unpaired) electrons. The van der Waals surface area contributed by atoms with E-state index in [0.29, 0.717) is 31.0 Å². The van der Waals surface area contributed by atoms with Crippen molar-refractivity contribution in [1.82, 2.24) is 25.4 Å². The molecule has 0 saturated carbocycles. The molecule has 33 heavy (non-hydrogen) atoms. The molecule has 1 aromatic heterocycles. The first-order chi connectivity index (χ1) is 16.1. The van der Waals surface area contributed by atoms with Crippen LogP contribution in [0.25, 0.3) is 0 Å². The Kier molecular flexibility index (Phi) is 6.20. The summed E-state index contributed by atoms with van der Waals surface area (Å²) in [4.78, 5) is 45.7. The summed E-state index contributed by atoms with van der Waals surface area (Å²) in [6.07, 6.45) is 5.46. The molecule has 2 aromatic rings. The zero-order valence-electron chi connectivity index (χ0n) is 18.6. The van der Waals surface area contributed by atoms with Crippen LogP contribution in [0.15, 0.2) is 42.7 Å². The quantitative estimate of drug-likeness (QED) is 0.624. The van der Waals surface area contributed by atoms with Gasteiger partial charge in [0, 0.05) is 50.6 Å². The minimum atomic E-state index is -0.591. The number of aromatic nitrogens is 1. The molecule has 0 aliphatic carbocycles. The number of nitrogens with zero attached hydrogens (tertiary/aromatic N) is 3. The Balaban J connectivity index is 1.37. The van der Waals surface area contributed by atoms with Crippen LogP contribution in [0.1, 0.15) is 46.3 Å². The molecule has 4 heterocycles. The predicted molar refractivity (Wildman–Crippen MR) is 122 cm³/mol. The number of piperidine rings is 1. The van der Waals surface area contributed by atoms with E-state index in [-0.39, 0.29) is 24.1 Å². The van der Waals surface area contributed by atoms with Crippen molar-refractivity contribution in [3.05, 3.63) is 65.0 Å². The van der Waals surface area contributed by atoms with Gasteiger partial charge >= 0.3 is 0 Å². The molecule has 3 aliphatic rings. The molecular weight excluding hydrogens is 418 g/mol. The van der Waals surface area contributed by atoms with E-state index in [9.17, 15) is 14.4 Å². The maximum absolute atomic E-state index is 13.5. The molecule has 172 valence electrons. The SMILES string of the molecule is O=C1CCC(N2Cc3cccc(CN(Cc4cccnc4)CC4CCNC4)c3C2=O)C(=O)N1. The van der Waals surface area contributed by atoms with Gasteiger partial charge in [-0.05, 0) is 54.6 Å². The maximum atomic E-state index is 13.5. The van der Waals surface area contributed by atoms with Crippen LogP contribution in [0.2, 0.25) is 0 Å². The second-order valence-electron chi connectivity index (χ2n) is 9.24. The number of fused-ring (bicyclic) bond motifs is 1. The van der Waals surface area contributed by atoms with E-state index in [4.69, 9.17) is 0 Å². The minimum absolute atomic E-state index is 0.112. The first-order valence-corrected chi connectivity index (χ1v) is 11.7. The van der Waals surface area contributed by atoms with Crippen LogP contribution in [0.3, 0.4) is 0 Å². The highest BCUT2D eigenvalue weighted by molar-refractivity contribution is 6.06. The smallest absolute Gasteiger partial charge is 0.255 e. The molecule has 2 atom stereocenters. The van der Waals surface area contributed by atoms with E-state index in [1.165, 1.54) is 0 Å². The molecule has 0 bridgehead atoms. The van der Waals surface area contributed by atoms with Gasteiger partial charge in [0.1, 0.15) is 6.04 Å². The fourth-order valence-corrected chi connectivity index (χ4v) is 5.23. The average molecular weight is 448 g/mol. The zero-order valence-corrected chi connectivity index (χ0v) is 18.6. The van der Waals surface area contributed by atoms with Crippen molar-refractivity contribution >= 4 is 17.7 Å². The first-order valence-electron chi connectivity index (χ1n) is 11.7. The fourth-order valence-electron chi connectivity index (χ4n) is 5.23. The van der Waals surface area contributed by atoms with Crippen LogP contribution in [0.4, 0.5) is 0 Å². The van der Waals surface area contributed by atoms with Crippen LogP contribution < -0.4 is 10.6 Å². The highest BCUT2D eigenvalue weighted by Gasteiger charge is 2.40. The molecule has 0 spiro atoms. The number of amides is 3. The fraction of sp³-hybridized carbons (Fsp3) is 0.440.